The molecule has 1 aliphatic heterocycles. The molecule has 1 atom stereocenters. The Morgan fingerprint density at radius 2 is 2.11 bits per heavy atom. The van der Waals surface area contributed by atoms with Crippen LogP contribution in [0, 0.1) is 13.8 Å². The van der Waals surface area contributed by atoms with Crippen molar-refractivity contribution >= 4 is 21.1 Å². The molecule has 0 unspecified atom stereocenters. The van der Waals surface area contributed by atoms with Gasteiger partial charge in [0.15, 0.2) is 11.4 Å². The van der Waals surface area contributed by atoms with Gasteiger partial charge in [-0.05, 0) is 45.2 Å². The summed E-state index contributed by atoms with van der Waals surface area (Å²) in [6, 6.07) is 4.02. The average Bonchev–Trinajstić information content (AvgIpc) is 3.25. The maximum absolute atomic E-state index is 13.2. The molecule has 0 N–H and O–H groups in total. The summed E-state index contributed by atoms with van der Waals surface area (Å²) in [6.45, 7) is 7.13. The number of aromatic nitrogens is 4. The van der Waals surface area contributed by atoms with Crippen molar-refractivity contribution in [3.05, 3.63) is 35.5 Å². The molecule has 3 aromatic heterocycles. The first-order valence-corrected chi connectivity index (χ1v) is 11.1. The van der Waals surface area contributed by atoms with Gasteiger partial charge in [-0.1, -0.05) is 12.1 Å². The lowest BCUT2D eigenvalue weighted by Gasteiger charge is -2.31. The Morgan fingerprint density at radius 3 is 2.82 bits per heavy atom. The van der Waals surface area contributed by atoms with Crippen molar-refractivity contribution in [1.29, 1.82) is 0 Å². The summed E-state index contributed by atoms with van der Waals surface area (Å²) in [5.41, 5.74) is 2.19. The third-order valence-corrected chi connectivity index (χ3v) is 7.42. The van der Waals surface area contributed by atoms with Crippen LogP contribution in [-0.2, 0) is 16.6 Å². The molecule has 9 heteroatoms. The number of hydrogen-bond donors (Lipinski definition) is 0. The second-order valence-corrected chi connectivity index (χ2v) is 9.25. The minimum absolute atomic E-state index is 0.0540. The van der Waals surface area contributed by atoms with E-state index < -0.39 is 10.0 Å². The van der Waals surface area contributed by atoms with E-state index in [1.165, 1.54) is 0 Å². The van der Waals surface area contributed by atoms with E-state index in [1.54, 1.807) is 18.2 Å². The summed E-state index contributed by atoms with van der Waals surface area (Å²) in [6.07, 6.45) is 4.52. The first-order chi connectivity index (χ1) is 13.4. The Labute approximate surface area is 164 Å². The van der Waals surface area contributed by atoms with E-state index in [-0.39, 0.29) is 10.8 Å². The van der Waals surface area contributed by atoms with Crippen molar-refractivity contribution in [2.24, 2.45) is 0 Å². The van der Waals surface area contributed by atoms with Gasteiger partial charge in [0.25, 0.3) is 0 Å². The normalized spacial score (nSPS) is 18.8. The van der Waals surface area contributed by atoms with Crippen LogP contribution in [0.2, 0.25) is 0 Å². The summed E-state index contributed by atoms with van der Waals surface area (Å²) >= 11 is 0. The van der Waals surface area contributed by atoms with Gasteiger partial charge in [-0.3, -0.25) is 0 Å². The Balaban J connectivity index is 1.64. The van der Waals surface area contributed by atoms with E-state index in [4.69, 9.17) is 9.51 Å². The number of nitrogens with zero attached hydrogens (tertiary/aromatic N) is 5. The zero-order valence-electron chi connectivity index (χ0n) is 16.4. The smallest absolute Gasteiger partial charge is 0.248 e. The van der Waals surface area contributed by atoms with Gasteiger partial charge in [-0.2, -0.15) is 9.40 Å². The lowest BCUT2D eigenvalue weighted by atomic mass is 9.95. The highest BCUT2D eigenvalue weighted by Crippen LogP contribution is 2.32. The predicted octanol–water partition coefficient (Wildman–Crippen LogP) is 3.01. The van der Waals surface area contributed by atoms with Crippen LogP contribution in [0.4, 0.5) is 0 Å². The molecule has 1 aliphatic rings. The van der Waals surface area contributed by atoms with E-state index >= 15 is 0 Å². The van der Waals surface area contributed by atoms with Crippen molar-refractivity contribution < 1.29 is 12.9 Å². The maximum Gasteiger partial charge on any atom is 0.248 e. The minimum Gasteiger partial charge on any atom is -0.360 e. The average molecular weight is 404 g/mol. The number of fused-ring (bicyclic) bond motifs is 1. The number of aryl methyl sites for hydroxylation is 3. The molecule has 4 heterocycles. The van der Waals surface area contributed by atoms with Crippen LogP contribution >= 0.6 is 0 Å². The van der Waals surface area contributed by atoms with E-state index in [0.717, 1.165) is 42.5 Å². The van der Waals surface area contributed by atoms with Gasteiger partial charge in [0.2, 0.25) is 10.0 Å². The maximum atomic E-state index is 13.2. The highest BCUT2D eigenvalue weighted by atomic mass is 32.2. The Morgan fingerprint density at radius 1 is 1.29 bits per heavy atom. The van der Waals surface area contributed by atoms with Gasteiger partial charge in [0.05, 0.1) is 6.20 Å². The van der Waals surface area contributed by atoms with Crippen LogP contribution in [0.3, 0.4) is 0 Å². The second kappa shape index (κ2) is 7.29. The lowest BCUT2D eigenvalue weighted by molar-refractivity contribution is 0.312. The zero-order valence-corrected chi connectivity index (χ0v) is 17.2. The highest BCUT2D eigenvalue weighted by Gasteiger charge is 2.35. The lowest BCUT2D eigenvalue weighted by Crippen LogP contribution is -2.39. The third kappa shape index (κ3) is 3.22. The second-order valence-electron chi connectivity index (χ2n) is 7.37. The zero-order chi connectivity index (χ0) is 19.9. The molecule has 0 bridgehead atoms. The van der Waals surface area contributed by atoms with Gasteiger partial charge < -0.3 is 4.52 Å². The number of pyridine rings is 1. The summed E-state index contributed by atoms with van der Waals surface area (Å²) < 4.78 is 34.9. The van der Waals surface area contributed by atoms with Crippen molar-refractivity contribution in [3.63, 3.8) is 0 Å². The number of hydrogen-bond acceptors (Lipinski definition) is 6. The minimum atomic E-state index is -3.64. The molecule has 150 valence electrons. The molecule has 0 radical (unpaired) electrons. The Kier molecular flexibility index (Phi) is 4.96. The van der Waals surface area contributed by atoms with Crippen molar-refractivity contribution in [2.75, 3.05) is 13.1 Å². The SMILES string of the molecule is CCCn1ncc2ccc([C@@H]3CCCN(S(=O)(=O)c4c(C)noc4C)C3)nc21. The Hall–Kier alpha value is -2.26. The first kappa shape index (κ1) is 19.1. The fraction of sp³-hybridized carbons (Fsp3) is 0.526. The first-order valence-electron chi connectivity index (χ1n) is 9.67. The molecular weight excluding hydrogens is 378 g/mol. The summed E-state index contributed by atoms with van der Waals surface area (Å²) in [4.78, 5) is 5.03. The largest absolute Gasteiger partial charge is 0.360 e. The van der Waals surface area contributed by atoms with E-state index in [9.17, 15) is 8.42 Å². The fourth-order valence-corrected chi connectivity index (χ4v) is 5.76. The molecule has 0 aromatic carbocycles. The summed E-state index contributed by atoms with van der Waals surface area (Å²) in [5.74, 6) is 0.390. The monoisotopic (exact) mass is 403 g/mol. The highest BCUT2D eigenvalue weighted by molar-refractivity contribution is 7.89. The molecule has 1 saturated heterocycles. The van der Waals surface area contributed by atoms with Crippen LogP contribution < -0.4 is 0 Å². The molecular formula is C19H25N5O3S. The van der Waals surface area contributed by atoms with Gasteiger partial charge in [0.1, 0.15) is 10.6 Å². The van der Waals surface area contributed by atoms with E-state index in [1.807, 2.05) is 23.0 Å². The molecule has 28 heavy (non-hydrogen) atoms. The Bertz CT molecular complexity index is 1080. The fourth-order valence-electron chi connectivity index (χ4n) is 3.94. The quantitative estimate of drug-likeness (QED) is 0.650. The topological polar surface area (TPSA) is 94.1 Å². The van der Waals surface area contributed by atoms with Gasteiger partial charge in [-0.25, -0.2) is 18.1 Å². The van der Waals surface area contributed by atoms with Crippen LogP contribution in [0.15, 0.2) is 27.7 Å². The molecule has 1 fully saturated rings. The van der Waals surface area contributed by atoms with Crippen LogP contribution in [0.5, 0.6) is 0 Å². The number of piperidine rings is 1. The third-order valence-electron chi connectivity index (χ3n) is 5.31. The molecule has 8 nitrogen and oxygen atoms in total. The molecule has 4 rings (SSSR count). The molecule has 0 spiro atoms. The van der Waals surface area contributed by atoms with Crippen molar-refractivity contribution in [2.45, 2.75) is 57.4 Å². The molecule has 0 amide bonds. The number of rotatable bonds is 5. The van der Waals surface area contributed by atoms with Crippen LogP contribution in [0.1, 0.15) is 49.3 Å². The van der Waals surface area contributed by atoms with Gasteiger partial charge in [0, 0.05) is 36.6 Å². The standard InChI is InChI=1S/C19H25N5O3S/c1-4-9-24-19-15(11-20-24)7-8-17(21-19)16-6-5-10-23(12-16)28(25,26)18-13(2)22-27-14(18)3/h7-8,11,16H,4-6,9-10,12H2,1-3H3/t16-/m1/s1. The van der Waals surface area contributed by atoms with Crippen molar-refractivity contribution in [3.8, 4) is 0 Å². The van der Waals surface area contributed by atoms with E-state index in [2.05, 4.69) is 17.2 Å². The van der Waals surface area contributed by atoms with Crippen LogP contribution in [0.25, 0.3) is 11.0 Å². The molecule has 0 aliphatic carbocycles. The molecule has 3 aromatic rings. The molecule has 0 saturated carbocycles. The van der Waals surface area contributed by atoms with Gasteiger partial charge >= 0.3 is 0 Å². The van der Waals surface area contributed by atoms with Crippen LogP contribution in [-0.4, -0.2) is 45.7 Å². The number of sulfonamides is 1. The summed E-state index contributed by atoms with van der Waals surface area (Å²) in [7, 11) is -3.64. The van der Waals surface area contributed by atoms with Gasteiger partial charge in [-0.15, -0.1) is 0 Å². The van der Waals surface area contributed by atoms with E-state index in [0.29, 0.717) is 24.5 Å². The summed E-state index contributed by atoms with van der Waals surface area (Å²) in [5, 5.41) is 9.22. The van der Waals surface area contributed by atoms with Crippen molar-refractivity contribution in [1.82, 2.24) is 24.2 Å². The predicted molar refractivity (Wildman–Crippen MR) is 105 cm³/mol.